The maximum atomic E-state index is 12.8. The number of nitrogens with zero attached hydrogens (tertiary/aromatic N) is 3. The van der Waals surface area contributed by atoms with Crippen LogP contribution < -0.4 is 10.1 Å². The smallest absolute Gasteiger partial charge is 0.262 e. The van der Waals surface area contributed by atoms with Crippen molar-refractivity contribution in [2.75, 3.05) is 11.9 Å². The number of nitrogens with one attached hydrogen (secondary N) is 1. The lowest BCUT2D eigenvalue weighted by molar-refractivity contribution is -0.121. The molecular weight excluding hydrogens is 520 g/mol. The van der Waals surface area contributed by atoms with Crippen LogP contribution in [0, 0.1) is 6.92 Å². The van der Waals surface area contributed by atoms with Crippen molar-refractivity contribution in [2.45, 2.75) is 38.0 Å². The largest absolute Gasteiger partial charge is 0.494 e. The fourth-order valence-electron chi connectivity index (χ4n) is 4.34. The van der Waals surface area contributed by atoms with E-state index in [4.69, 9.17) is 21.4 Å². The van der Waals surface area contributed by atoms with Gasteiger partial charge in [0.05, 0.1) is 18.4 Å². The summed E-state index contributed by atoms with van der Waals surface area (Å²) in [7, 11) is 0. The normalized spacial score (nSPS) is 18.8. The SMILES string of the molecule is CCOc1ccc(NC(=O)C[C@@H]2SC(N3N=C(c4ccc(C)cc4)C[C@H]3c3ccc(Cl)cc3)=NC2=O)cc1. The molecule has 9 heteroatoms. The highest BCUT2D eigenvalue weighted by Gasteiger charge is 2.39. The summed E-state index contributed by atoms with van der Waals surface area (Å²) in [6.07, 6.45) is 0.666. The molecule has 2 amide bonds. The second kappa shape index (κ2) is 11.4. The fraction of sp³-hybridized carbons (Fsp3) is 0.241. The van der Waals surface area contributed by atoms with Gasteiger partial charge in [-0.25, -0.2) is 5.01 Å². The van der Waals surface area contributed by atoms with Crippen molar-refractivity contribution in [3.8, 4) is 5.75 Å². The van der Waals surface area contributed by atoms with E-state index in [1.54, 1.807) is 24.3 Å². The Hall–Kier alpha value is -3.62. The predicted octanol–water partition coefficient (Wildman–Crippen LogP) is 6.23. The molecule has 194 valence electrons. The molecule has 0 saturated carbocycles. The summed E-state index contributed by atoms with van der Waals surface area (Å²) in [6.45, 7) is 4.53. The number of benzene rings is 3. The topological polar surface area (TPSA) is 83.4 Å². The minimum atomic E-state index is -0.614. The third-order valence-corrected chi connectivity index (χ3v) is 7.69. The molecule has 3 aromatic rings. The van der Waals surface area contributed by atoms with Crippen LogP contribution in [0.2, 0.25) is 5.02 Å². The summed E-state index contributed by atoms with van der Waals surface area (Å²) in [5.74, 6) is 0.146. The molecule has 0 bridgehead atoms. The zero-order chi connectivity index (χ0) is 26.6. The Morgan fingerprint density at radius 1 is 1.08 bits per heavy atom. The number of halogens is 1. The number of aryl methyl sites for hydroxylation is 1. The first-order valence-corrected chi connectivity index (χ1v) is 13.7. The second-order valence-corrected chi connectivity index (χ2v) is 10.7. The lowest BCUT2D eigenvalue weighted by atomic mass is 9.98. The molecule has 0 aromatic heterocycles. The highest BCUT2D eigenvalue weighted by molar-refractivity contribution is 8.15. The van der Waals surface area contributed by atoms with E-state index < -0.39 is 5.25 Å². The van der Waals surface area contributed by atoms with E-state index >= 15 is 0 Å². The Kier molecular flexibility index (Phi) is 7.81. The van der Waals surface area contributed by atoms with Crippen molar-refractivity contribution in [3.05, 3.63) is 94.5 Å². The molecule has 0 saturated heterocycles. The average molecular weight is 547 g/mol. The number of anilines is 1. The van der Waals surface area contributed by atoms with E-state index in [9.17, 15) is 9.59 Å². The van der Waals surface area contributed by atoms with E-state index in [0.717, 1.165) is 22.6 Å². The fourth-order valence-corrected chi connectivity index (χ4v) is 5.53. The molecule has 0 aliphatic carbocycles. The second-order valence-electron chi connectivity index (χ2n) is 9.08. The first kappa shape index (κ1) is 26.0. The standard InChI is InChI=1S/C29H27ClN4O3S/c1-3-37-23-14-12-22(13-15-23)31-27(35)17-26-28(36)32-29(38-26)34-25(20-8-10-21(30)11-9-20)16-24(33-34)19-6-4-18(2)5-7-19/h4-15,25-26H,3,16-17H2,1-2H3,(H,31,35)/t25-,26-/m0/s1. The van der Waals surface area contributed by atoms with Crippen LogP contribution in [-0.2, 0) is 9.59 Å². The van der Waals surface area contributed by atoms with Gasteiger partial charge in [0.1, 0.15) is 11.0 Å². The van der Waals surface area contributed by atoms with Crippen LogP contribution in [0.4, 0.5) is 5.69 Å². The van der Waals surface area contributed by atoms with Crippen molar-refractivity contribution in [1.82, 2.24) is 5.01 Å². The molecule has 7 nitrogen and oxygen atoms in total. The molecule has 2 heterocycles. The van der Waals surface area contributed by atoms with Gasteiger partial charge in [-0.2, -0.15) is 10.1 Å². The molecule has 2 atom stereocenters. The number of rotatable bonds is 7. The molecule has 0 spiro atoms. The first-order chi connectivity index (χ1) is 18.4. The molecule has 0 radical (unpaired) electrons. The number of carbonyl (C=O) groups excluding carboxylic acids is 2. The zero-order valence-corrected chi connectivity index (χ0v) is 22.6. The quantitative estimate of drug-likeness (QED) is 0.380. The molecule has 0 fully saturated rings. The van der Waals surface area contributed by atoms with E-state index in [-0.39, 0.29) is 24.3 Å². The Labute approximate surface area is 230 Å². The molecule has 2 aliphatic heterocycles. The number of amidine groups is 1. The van der Waals surface area contributed by atoms with Crippen molar-refractivity contribution in [1.29, 1.82) is 0 Å². The van der Waals surface area contributed by atoms with Gasteiger partial charge in [0, 0.05) is 23.6 Å². The number of amides is 2. The van der Waals surface area contributed by atoms with E-state index in [1.807, 2.05) is 43.1 Å². The number of aliphatic imine (C=N–C) groups is 1. The lowest BCUT2D eigenvalue weighted by Gasteiger charge is -2.23. The number of carbonyl (C=O) groups is 2. The van der Waals surface area contributed by atoms with Crippen molar-refractivity contribution in [2.24, 2.45) is 10.1 Å². The number of thioether (sulfide) groups is 1. The minimum Gasteiger partial charge on any atom is -0.494 e. The molecular formula is C29H27ClN4O3S. The van der Waals surface area contributed by atoms with Crippen molar-refractivity contribution < 1.29 is 14.3 Å². The van der Waals surface area contributed by atoms with Crippen LogP contribution in [0.1, 0.15) is 42.5 Å². The van der Waals surface area contributed by atoms with E-state index in [0.29, 0.717) is 28.9 Å². The van der Waals surface area contributed by atoms with Gasteiger partial charge >= 0.3 is 0 Å². The number of ether oxygens (including phenoxy) is 1. The first-order valence-electron chi connectivity index (χ1n) is 12.4. The maximum Gasteiger partial charge on any atom is 0.262 e. The Balaban J connectivity index is 1.31. The molecule has 2 aliphatic rings. The highest BCUT2D eigenvalue weighted by atomic mass is 35.5. The Morgan fingerprint density at radius 2 is 1.79 bits per heavy atom. The molecule has 0 unspecified atom stereocenters. The summed E-state index contributed by atoms with van der Waals surface area (Å²) in [5.41, 5.74) is 4.78. The minimum absolute atomic E-state index is 0.0116. The van der Waals surface area contributed by atoms with Crippen LogP contribution in [0.5, 0.6) is 5.75 Å². The summed E-state index contributed by atoms with van der Waals surface area (Å²) >= 11 is 7.41. The molecule has 3 aromatic carbocycles. The monoisotopic (exact) mass is 546 g/mol. The zero-order valence-electron chi connectivity index (χ0n) is 21.1. The number of hydrogen-bond donors (Lipinski definition) is 1. The average Bonchev–Trinajstić information content (AvgIpc) is 3.50. The van der Waals surface area contributed by atoms with Gasteiger partial charge in [-0.1, -0.05) is 65.3 Å². The third kappa shape index (κ3) is 5.92. The summed E-state index contributed by atoms with van der Waals surface area (Å²) in [4.78, 5) is 29.9. The van der Waals surface area contributed by atoms with Crippen LogP contribution in [0.15, 0.2) is 82.9 Å². The lowest BCUT2D eigenvalue weighted by Crippen LogP contribution is -2.25. The maximum absolute atomic E-state index is 12.8. The van der Waals surface area contributed by atoms with Crippen molar-refractivity contribution >= 4 is 51.7 Å². The van der Waals surface area contributed by atoms with Gasteiger partial charge in [0.2, 0.25) is 5.91 Å². The van der Waals surface area contributed by atoms with Gasteiger partial charge in [-0.05, 0) is 61.4 Å². The molecule has 1 N–H and O–H groups in total. The van der Waals surface area contributed by atoms with Gasteiger partial charge in [-0.3, -0.25) is 9.59 Å². The van der Waals surface area contributed by atoms with Gasteiger partial charge in [0.25, 0.3) is 5.91 Å². The Morgan fingerprint density at radius 3 is 2.47 bits per heavy atom. The Bertz CT molecular complexity index is 1390. The summed E-state index contributed by atoms with van der Waals surface area (Å²) in [6, 6.07) is 22.9. The summed E-state index contributed by atoms with van der Waals surface area (Å²) in [5, 5.41) is 10.1. The predicted molar refractivity (Wildman–Crippen MR) is 153 cm³/mol. The molecule has 5 rings (SSSR count). The van der Waals surface area contributed by atoms with Gasteiger partial charge < -0.3 is 10.1 Å². The molecule has 38 heavy (non-hydrogen) atoms. The summed E-state index contributed by atoms with van der Waals surface area (Å²) < 4.78 is 5.44. The van der Waals surface area contributed by atoms with Crippen LogP contribution in [-0.4, -0.2) is 39.6 Å². The highest BCUT2D eigenvalue weighted by Crippen LogP contribution is 2.39. The van der Waals surface area contributed by atoms with Crippen LogP contribution >= 0.6 is 23.4 Å². The van der Waals surface area contributed by atoms with Crippen molar-refractivity contribution in [3.63, 3.8) is 0 Å². The van der Waals surface area contributed by atoms with Gasteiger partial charge in [-0.15, -0.1) is 0 Å². The van der Waals surface area contributed by atoms with Gasteiger partial charge in [0.15, 0.2) is 5.17 Å². The van der Waals surface area contributed by atoms with Crippen LogP contribution in [0.3, 0.4) is 0 Å². The third-order valence-electron chi connectivity index (χ3n) is 6.29. The number of hydrogen-bond acceptors (Lipinski definition) is 6. The van der Waals surface area contributed by atoms with E-state index in [1.165, 1.54) is 17.3 Å². The number of hydrazone groups is 1. The van der Waals surface area contributed by atoms with Crippen LogP contribution in [0.25, 0.3) is 0 Å². The van der Waals surface area contributed by atoms with E-state index in [2.05, 4.69) is 34.6 Å².